The number of nitrogens with one attached hydrogen (secondary N) is 2. The van der Waals surface area contributed by atoms with Gasteiger partial charge in [0.05, 0.1) is 30.0 Å². The van der Waals surface area contributed by atoms with Crippen LogP contribution in [0, 0.1) is 0 Å². The van der Waals surface area contributed by atoms with Crippen molar-refractivity contribution in [2.24, 2.45) is 0 Å². The molecule has 2 fully saturated rings. The Morgan fingerprint density at radius 2 is 1.83 bits per heavy atom. The second-order valence-corrected chi connectivity index (χ2v) is 6.79. The minimum Gasteiger partial charge on any atom is -0.373 e. The zero-order valence-corrected chi connectivity index (χ0v) is 14.2. The summed E-state index contributed by atoms with van der Waals surface area (Å²) in [7, 11) is 0. The van der Waals surface area contributed by atoms with Gasteiger partial charge in [-0.3, -0.25) is 14.5 Å². The lowest BCUT2D eigenvalue weighted by molar-refractivity contribution is -0.121. The van der Waals surface area contributed by atoms with E-state index < -0.39 is 0 Å². The highest BCUT2D eigenvalue weighted by molar-refractivity contribution is 6.04. The van der Waals surface area contributed by atoms with Gasteiger partial charge in [-0.25, -0.2) is 0 Å². The number of benzene rings is 1. The van der Waals surface area contributed by atoms with Gasteiger partial charge in [-0.1, -0.05) is 12.1 Å². The van der Waals surface area contributed by atoms with Crippen molar-refractivity contribution in [2.75, 3.05) is 25.0 Å². The van der Waals surface area contributed by atoms with Gasteiger partial charge < -0.3 is 15.4 Å². The second kappa shape index (κ2) is 7.32. The quantitative estimate of drug-likeness (QED) is 0.860. The van der Waals surface area contributed by atoms with E-state index in [1.165, 1.54) is 0 Å². The van der Waals surface area contributed by atoms with Crippen molar-refractivity contribution in [2.45, 2.75) is 44.9 Å². The molecule has 6 nitrogen and oxygen atoms in total. The fourth-order valence-electron chi connectivity index (χ4n) is 3.09. The summed E-state index contributed by atoms with van der Waals surface area (Å²) in [6.45, 7) is 5.80. The number of ether oxygens (including phenoxy) is 1. The van der Waals surface area contributed by atoms with E-state index in [1.807, 2.05) is 26.0 Å². The van der Waals surface area contributed by atoms with Crippen LogP contribution in [0.2, 0.25) is 0 Å². The molecule has 2 atom stereocenters. The van der Waals surface area contributed by atoms with E-state index in [4.69, 9.17) is 4.74 Å². The summed E-state index contributed by atoms with van der Waals surface area (Å²) in [4.78, 5) is 26.7. The highest BCUT2D eigenvalue weighted by Gasteiger charge is 2.26. The molecule has 24 heavy (non-hydrogen) atoms. The van der Waals surface area contributed by atoms with Crippen LogP contribution >= 0.6 is 0 Å². The summed E-state index contributed by atoms with van der Waals surface area (Å²) in [5.74, 6) is -0.231. The van der Waals surface area contributed by atoms with Gasteiger partial charge >= 0.3 is 0 Å². The lowest BCUT2D eigenvalue weighted by atomic mass is 10.1. The van der Waals surface area contributed by atoms with Crippen molar-refractivity contribution in [3.05, 3.63) is 29.8 Å². The molecule has 6 heteroatoms. The van der Waals surface area contributed by atoms with Gasteiger partial charge in [0.25, 0.3) is 5.91 Å². The van der Waals surface area contributed by atoms with Crippen LogP contribution in [-0.4, -0.2) is 54.6 Å². The van der Waals surface area contributed by atoms with E-state index in [-0.39, 0.29) is 30.1 Å². The minimum absolute atomic E-state index is 0.108. The molecule has 1 aromatic rings. The Morgan fingerprint density at radius 1 is 1.17 bits per heavy atom. The number of amides is 2. The zero-order chi connectivity index (χ0) is 17.1. The van der Waals surface area contributed by atoms with Crippen molar-refractivity contribution < 1.29 is 14.3 Å². The molecule has 2 amide bonds. The lowest BCUT2D eigenvalue weighted by Gasteiger charge is -2.34. The molecule has 1 saturated carbocycles. The molecule has 0 spiro atoms. The van der Waals surface area contributed by atoms with Crippen molar-refractivity contribution in [1.82, 2.24) is 10.2 Å². The van der Waals surface area contributed by atoms with E-state index >= 15 is 0 Å². The maximum Gasteiger partial charge on any atom is 0.253 e. The van der Waals surface area contributed by atoms with Gasteiger partial charge in [-0.05, 0) is 38.8 Å². The smallest absolute Gasteiger partial charge is 0.253 e. The highest BCUT2D eigenvalue weighted by atomic mass is 16.5. The third kappa shape index (κ3) is 4.55. The first-order valence-electron chi connectivity index (χ1n) is 8.59. The number of carbonyl (C=O) groups excluding carboxylic acids is 2. The summed E-state index contributed by atoms with van der Waals surface area (Å²) in [6.07, 6.45) is 2.32. The fourth-order valence-corrected chi connectivity index (χ4v) is 3.09. The molecule has 1 aliphatic carbocycles. The molecule has 1 heterocycles. The Balaban J connectivity index is 1.60. The molecule has 1 aromatic carbocycles. The van der Waals surface area contributed by atoms with Crippen molar-refractivity contribution in [3.63, 3.8) is 0 Å². The minimum atomic E-state index is -0.123. The molecule has 130 valence electrons. The van der Waals surface area contributed by atoms with Crippen LogP contribution in [0.5, 0.6) is 0 Å². The molecule has 3 rings (SSSR count). The van der Waals surface area contributed by atoms with Crippen molar-refractivity contribution in [3.8, 4) is 0 Å². The number of hydrogen-bond donors (Lipinski definition) is 2. The Bertz CT molecular complexity index is 605. The number of nitrogens with zero attached hydrogens (tertiary/aromatic N) is 1. The monoisotopic (exact) mass is 331 g/mol. The van der Waals surface area contributed by atoms with Gasteiger partial charge in [0.2, 0.25) is 5.91 Å². The summed E-state index contributed by atoms with van der Waals surface area (Å²) < 4.78 is 5.68. The molecule has 1 saturated heterocycles. The molecule has 0 bridgehead atoms. The normalized spacial score (nSPS) is 24.4. The molecule has 2 N–H and O–H groups in total. The Morgan fingerprint density at radius 3 is 2.50 bits per heavy atom. The number of carbonyl (C=O) groups is 2. The Labute approximate surface area is 142 Å². The average molecular weight is 331 g/mol. The number of hydrogen-bond acceptors (Lipinski definition) is 4. The molecule has 1 aliphatic heterocycles. The number of rotatable bonds is 5. The predicted octanol–water partition coefficient (Wildman–Crippen LogP) is 1.63. The predicted molar refractivity (Wildman–Crippen MR) is 92.0 cm³/mol. The Hall–Kier alpha value is -1.92. The fraction of sp³-hybridized carbons (Fsp3) is 0.556. The summed E-state index contributed by atoms with van der Waals surface area (Å²) in [5.41, 5.74) is 1.08. The number of para-hydroxylation sites is 1. The van der Waals surface area contributed by atoms with Gasteiger partial charge in [0.1, 0.15) is 0 Å². The van der Waals surface area contributed by atoms with E-state index in [1.54, 1.807) is 12.1 Å². The maximum atomic E-state index is 12.4. The van der Waals surface area contributed by atoms with E-state index in [2.05, 4.69) is 15.5 Å². The first-order chi connectivity index (χ1) is 11.5. The third-order valence-corrected chi connectivity index (χ3v) is 4.22. The zero-order valence-electron chi connectivity index (χ0n) is 14.2. The largest absolute Gasteiger partial charge is 0.373 e. The second-order valence-electron chi connectivity index (χ2n) is 6.79. The lowest BCUT2D eigenvalue weighted by Crippen LogP contribution is -2.48. The number of anilines is 1. The van der Waals surface area contributed by atoms with Crippen molar-refractivity contribution >= 4 is 17.5 Å². The van der Waals surface area contributed by atoms with Crippen LogP contribution in [0.4, 0.5) is 5.69 Å². The SMILES string of the molecule is C[C@@H]1CN(CC(=O)Nc2ccccc2C(=O)NC2CC2)C[C@@H](C)O1. The topological polar surface area (TPSA) is 70.7 Å². The standard InChI is InChI=1S/C18H25N3O3/c1-12-9-21(10-13(2)24-12)11-17(22)20-16-6-4-3-5-15(16)18(23)19-14-7-8-14/h3-6,12-14H,7-11H2,1-2H3,(H,19,23)(H,20,22)/t12-,13-/m1/s1. The van der Waals surface area contributed by atoms with E-state index in [0.29, 0.717) is 17.8 Å². The third-order valence-electron chi connectivity index (χ3n) is 4.22. The average Bonchev–Trinajstić information content (AvgIpc) is 3.30. The van der Waals surface area contributed by atoms with Crippen LogP contribution in [0.1, 0.15) is 37.0 Å². The molecule has 2 aliphatic rings. The van der Waals surface area contributed by atoms with Gasteiger partial charge in [-0.15, -0.1) is 0 Å². The van der Waals surface area contributed by atoms with E-state index in [9.17, 15) is 9.59 Å². The van der Waals surface area contributed by atoms with Crippen LogP contribution in [-0.2, 0) is 9.53 Å². The molecule has 0 unspecified atom stereocenters. The number of morpholine rings is 1. The van der Waals surface area contributed by atoms with Crippen molar-refractivity contribution in [1.29, 1.82) is 0 Å². The van der Waals surface area contributed by atoms with Gasteiger partial charge in [0, 0.05) is 19.1 Å². The molecule has 0 aromatic heterocycles. The van der Waals surface area contributed by atoms with Crippen LogP contribution in [0.15, 0.2) is 24.3 Å². The van der Waals surface area contributed by atoms with E-state index in [0.717, 1.165) is 25.9 Å². The maximum absolute atomic E-state index is 12.4. The van der Waals surface area contributed by atoms with Crippen LogP contribution < -0.4 is 10.6 Å². The highest BCUT2D eigenvalue weighted by Crippen LogP contribution is 2.21. The summed E-state index contributed by atoms with van der Waals surface area (Å²) in [5, 5.41) is 5.84. The summed E-state index contributed by atoms with van der Waals surface area (Å²) in [6, 6.07) is 7.43. The first kappa shape index (κ1) is 16.9. The summed E-state index contributed by atoms with van der Waals surface area (Å²) >= 11 is 0. The Kier molecular flexibility index (Phi) is 5.16. The molecule has 0 radical (unpaired) electrons. The van der Waals surface area contributed by atoms with Crippen LogP contribution in [0.3, 0.4) is 0 Å². The van der Waals surface area contributed by atoms with Gasteiger partial charge in [-0.2, -0.15) is 0 Å². The molecular weight excluding hydrogens is 306 g/mol. The first-order valence-corrected chi connectivity index (χ1v) is 8.59. The van der Waals surface area contributed by atoms with Crippen LogP contribution in [0.25, 0.3) is 0 Å². The van der Waals surface area contributed by atoms with Gasteiger partial charge in [0.15, 0.2) is 0 Å². The molecular formula is C18H25N3O3.